The number of hydrazone groups is 1. The van der Waals surface area contributed by atoms with Crippen LogP contribution in [0.5, 0.6) is 0 Å². The molecule has 3 heteroatoms. The van der Waals surface area contributed by atoms with Gasteiger partial charge in [0.05, 0.1) is 5.71 Å². The van der Waals surface area contributed by atoms with Crippen LogP contribution in [0.25, 0.3) is 0 Å². The molecule has 0 aromatic heterocycles. The van der Waals surface area contributed by atoms with Crippen molar-refractivity contribution in [3.05, 3.63) is 33.9 Å². The number of Topliss-reactive ketones (excluding diaryl/α,β-unsaturated/α-hetero) is 1. The largest absolute Gasteiger partial charge is 0.306 e. The Kier molecular flexibility index (Phi) is 3.48. The second kappa shape index (κ2) is 4.80. The smallest absolute Gasteiger partial charge is 0.160 e. The van der Waals surface area contributed by atoms with E-state index in [1.807, 2.05) is 13.0 Å². The number of nitrogens with zero attached hydrogens (tertiary/aromatic N) is 1. The highest BCUT2D eigenvalue weighted by atomic mass is 16.1. The molecule has 1 heterocycles. The van der Waals surface area contributed by atoms with Crippen molar-refractivity contribution in [1.82, 2.24) is 5.43 Å². The van der Waals surface area contributed by atoms with E-state index in [1.165, 1.54) is 5.56 Å². The van der Waals surface area contributed by atoms with Gasteiger partial charge in [0.2, 0.25) is 0 Å². The third-order valence-electron chi connectivity index (χ3n) is 4.31. The molecule has 0 saturated heterocycles. The summed E-state index contributed by atoms with van der Waals surface area (Å²) in [6.45, 7) is 12.1. The number of hydrogen-bond acceptors (Lipinski definition) is 3. The van der Waals surface area contributed by atoms with Crippen molar-refractivity contribution in [3.8, 4) is 0 Å². The van der Waals surface area contributed by atoms with Crippen molar-refractivity contribution in [1.29, 1.82) is 0 Å². The first kappa shape index (κ1) is 13.8. The first-order chi connectivity index (χ1) is 8.84. The quantitative estimate of drug-likeness (QED) is 0.828. The summed E-state index contributed by atoms with van der Waals surface area (Å²) in [5.74, 6) is 0.480. The molecule has 19 heavy (non-hydrogen) atoms. The number of carbonyl (C=O) groups is 1. The van der Waals surface area contributed by atoms with Gasteiger partial charge in [0.25, 0.3) is 0 Å². The summed E-state index contributed by atoms with van der Waals surface area (Å²) < 4.78 is 0. The zero-order valence-electron chi connectivity index (χ0n) is 12.6. The summed E-state index contributed by atoms with van der Waals surface area (Å²) in [4.78, 5) is 11.8. The summed E-state index contributed by atoms with van der Waals surface area (Å²) in [5.41, 5.74) is 9.61. The highest BCUT2D eigenvalue weighted by Crippen LogP contribution is 2.28. The lowest BCUT2D eigenvalue weighted by molar-refractivity contribution is 0.101. The molecule has 2 unspecified atom stereocenters. The van der Waals surface area contributed by atoms with Gasteiger partial charge < -0.3 is 5.43 Å². The molecule has 1 aliphatic heterocycles. The average molecular weight is 258 g/mol. The maximum Gasteiger partial charge on any atom is 0.160 e. The van der Waals surface area contributed by atoms with Gasteiger partial charge in [0.15, 0.2) is 5.78 Å². The lowest BCUT2D eigenvalue weighted by atomic mass is 9.84. The molecule has 102 valence electrons. The molecule has 0 saturated carbocycles. The Labute approximate surface area is 115 Å². The SMILES string of the molecule is CC(=O)c1cc(C)c(C)c(C2=NNC(C)C2C)c1C. The molecule has 1 N–H and O–H groups in total. The van der Waals surface area contributed by atoms with Crippen LogP contribution in [0.1, 0.15) is 53.4 Å². The lowest BCUT2D eigenvalue weighted by Crippen LogP contribution is -2.25. The van der Waals surface area contributed by atoms with Crippen molar-refractivity contribution in [2.75, 3.05) is 0 Å². The summed E-state index contributed by atoms with van der Waals surface area (Å²) in [6, 6.07) is 2.34. The Hall–Kier alpha value is -1.64. The molecule has 0 bridgehead atoms. The summed E-state index contributed by atoms with van der Waals surface area (Å²) >= 11 is 0. The van der Waals surface area contributed by atoms with E-state index in [0.29, 0.717) is 12.0 Å². The number of ketones is 1. The molecule has 0 aliphatic carbocycles. The van der Waals surface area contributed by atoms with Crippen molar-refractivity contribution in [2.24, 2.45) is 11.0 Å². The van der Waals surface area contributed by atoms with Gasteiger partial charge >= 0.3 is 0 Å². The molecule has 0 amide bonds. The van der Waals surface area contributed by atoms with E-state index in [2.05, 4.69) is 38.2 Å². The number of hydrogen-bond donors (Lipinski definition) is 1. The van der Waals surface area contributed by atoms with Gasteiger partial charge in [-0.1, -0.05) is 6.92 Å². The summed E-state index contributed by atoms with van der Waals surface area (Å²) in [6.07, 6.45) is 0. The molecule has 0 radical (unpaired) electrons. The van der Waals surface area contributed by atoms with Crippen molar-refractivity contribution >= 4 is 11.5 Å². The van der Waals surface area contributed by atoms with E-state index in [4.69, 9.17) is 0 Å². The Balaban J connectivity index is 2.66. The van der Waals surface area contributed by atoms with Gasteiger partial charge in [0, 0.05) is 23.1 Å². The molecular weight excluding hydrogens is 236 g/mol. The van der Waals surface area contributed by atoms with Gasteiger partial charge in [-0.2, -0.15) is 5.10 Å². The Morgan fingerprint density at radius 1 is 1.21 bits per heavy atom. The first-order valence-corrected chi connectivity index (χ1v) is 6.79. The molecular formula is C16H22N2O. The molecule has 3 nitrogen and oxygen atoms in total. The van der Waals surface area contributed by atoms with Crippen LogP contribution in [0.2, 0.25) is 0 Å². The van der Waals surface area contributed by atoms with Gasteiger partial charge in [-0.25, -0.2) is 0 Å². The minimum atomic E-state index is 0.120. The molecule has 1 aromatic rings. The molecule has 0 fully saturated rings. The highest BCUT2D eigenvalue weighted by molar-refractivity contribution is 6.08. The van der Waals surface area contributed by atoms with Gasteiger partial charge in [-0.15, -0.1) is 0 Å². The van der Waals surface area contributed by atoms with Crippen LogP contribution in [-0.2, 0) is 0 Å². The lowest BCUT2D eigenvalue weighted by Gasteiger charge is -2.18. The molecule has 2 rings (SSSR count). The van der Waals surface area contributed by atoms with Crippen LogP contribution in [0.4, 0.5) is 0 Å². The topological polar surface area (TPSA) is 41.5 Å². The highest BCUT2D eigenvalue weighted by Gasteiger charge is 2.28. The van der Waals surface area contributed by atoms with Crippen LogP contribution < -0.4 is 5.43 Å². The van der Waals surface area contributed by atoms with E-state index < -0.39 is 0 Å². The van der Waals surface area contributed by atoms with Crippen LogP contribution >= 0.6 is 0 Å². The zero-order valence-corrected chi connectivity index (χ0v) is 12.6. The predicted octanol–water partition coefficient (Wildman–Crippen LogP) is 3.15. The number of benzene rings is 1. The fourth-order valence-corrected chi connectivity index (χ4v) is 2.70. The third kappa shape index (κ3) is 2.18. The van der Waals surface area contributed by atoms with Crippen molar-refractivity contribution in [3.63, 3.8) is 0 Å². The molecule has 2 atom stereocenters. The monoisotopic (exact) mass is 258 g/mol. The number of nitrogens with one attached hydrogen (secondary N) is 1. The second-order valence-corrected chi connectivity index (χ2v) is 5.63. The number of carbonyl (C=O) groups excluding carboxylic acids is 1. The van der Waals surface area contributed by atoms with Crippen LogP contribution in [0.3, 0.4) is 0 Å². The van der Waals surface area contributed by atoms with E-state index in [0.717, 1.165) is 28.0 Å². The van der Waals surface area contributed by atoms with Crippen LogP contribution in [0.15, 0.2) is 11.2 Å². The summed E-state index contributed by atoms with van der Waals surface area (Å²) in [5, 5.41) is 4.49. The Morgan fingerprint density at radius 3 is 2.32 bits per heavy atom. The van der Waals surface area contributed by atoms with Gasteiger partial charge in [-0.3, -0.25) is 4.79 Å². The van der Waals surface area contributed by atoms with E-state index in [-0.39, 0.29) is 5.78 Å². The standard InChI is InChI=1S/C16H22N2O/c1-8-7-14(13(6)19)11(4)15(9(8)2)16-10(3)12(5)17-18-16/h7,10,12,17H,1-6H3. The second-order valence-electron chi connectivity index (χ2n) is 5.63. The minimum absolute atomic E-state index is 0.120. The zero-order chi connectivity index (χ0) is 14.3. The maximum absolute atomic E-state index is 11.8. The molecule has 1 aliphatic rings. The minimum Gasteiger partial charge on any atom is -0.306 e. The van der Waals surface area contributed by atoms with E-state index in [1.54, 1.807) is 6.92 Å². The summed E-state index contributed by atoms with van der Waals surface area (Å²) in [7, 11) is 0. The van der Waals surface area contributed by atoms with Crippen molar-refractivity contribution in [2.45, 2.75) is 47.6 Å². The van der Waals surface area contributed by atoms with Crippen LogP contribution in [-0.4, -0.2) is 17.5 Å². The van der Waals surface area contributed by atoms with E-state index in [9.17, 15) is 4.79 Å². The van der Waals surface area contributed by atoms with Gasteiger partial charge in [-0.05, 0) is 57.4 Å². The number of aryl methyl sites for hydroxylation is 1. The predicted molar refractivity (Wildman–Crippen MR) is 79.0 cm³/mol. The first-order valence-electron chi connectivity index (χ1n) is 6.79. The normalized spacial score (nSPS) is 22.1. The number of rotatable bonds is 2. The molecule has 1 aromatic carbocycles. The average Bonchev–Trinajstić information content (AvgIpc) is 2.66. The fourth-order valence-electron chi connectivity index (χ4n) is 2.70. The van der Waals surface area contributed by atoms with Crippen molar-refractivity contribution < 1.29 is 4.79 Å². The maximum atomic E-state index is 11.8. The van der Waals surface area contributed by atoms with Crippen LogP contribution in [0, 0.1) is 26.7 Å². The fraction of sp³-hybridized carbons (Fsp3) is 0.500. The third-order valence-corrected chi connectivity index (χ3v) is 4.31. The Morgan fingerprint density at radius 2 is 1.84 bits per heavy atom. The Bertz CT molecular complexity index is 573. The molecule has 0 spiro atoms. The van der Waals surface area contributed by atoms with Gasteiger partial charge in [0.1, 0.15) is 0 Å². The van der Waals surface area contributed by atoms with E-state index >= 15 is 0 Å².